The highest BCUT2D eigenvalue weighted by Gasteiger charge is 2.25. The van der Waals surface area contributed by atoms with Crippen LogP contribution in [0.25, 0.3) is 0 Å². The van der Waals surface area contributed by atoms with Gasteiger partial charge in [-0.3, -0.25) is 9.59 Å². The molecule has 0 aromatic rings. The fraction of sp³-hybridized carbons (Fsp3) is 0.846. The van der Waals surface area contributed by atoms with Crippen molar-refractivity contribution in [2.75, 3.05) is 0 Å². The first-order valence-electron chi connectivity index (χ1n) is 5.81. The highest BCUT2D eigenvalue weighted by Crippen LogP contribution is 2.26. The molecule has 0 aromatic heterocycles. The first-order chi connectivity index (χ1) is 7.11. The summed E-state index contributed by atoms with van der Waals surface area (Å²) in [5.41, 5.74) is 0.117. The molecule has 3 nitrogen and oxygen atoms in total. The fourth-order valence-electron chi connectivity index (χ4n) is 1.43. The molecule has 0 heterocycles. The third-order valence-corrected chi connectivity index (χ3v) is 2.23. The number of esters is 1. The van der Waals surface area contributed by atoms with Gasteiger partial charge in [0.25, 0.3) is 0 Å². The second-order valence-corrected chi connectivity index (χ2v) is 5.92. The van der Waals surface area contributed by atoms with Crippen molar-refractivity contribution in [3.8, 4) is 0 Å². The molecule has 0 aliphatic heterocycles. The maximum Gasteiger partial charge on any atom is 0.313 e. The Morgan fingerprint density at radius 3 is 2.00 bits per heavy atom. The van der Waals surface area contributed by atoms with Crippen LogP contribution >= 0.6 is 0 Å². The van der Waals surface area contributed by atoms with Gasteiger partial charge < -0.3 is 4.74 Å². The minimum Gasteiger partial charge on any atom is -0.462 e. The van der Waals surface area contributed by atoms with E-state index in [2.05, 4.69) is 20.8 Å². The van der Waals surface area contributed by atoms with Crippen LogP contribution in [-0.4, -0.2) is 17.9 Å². The maximum absolute atomic E-state index is 11.4. The number of Topliss-reactive ketones (excluding diaryl/α,β-unsaturated/α-hetero) is 1. The van der Waals surface area contributed by atoms with E-state index in [1.54, 1.807) is 0 Å². The Kier molecular flexibility index (Phi) is 5.70. The van der Waals surface area contributed by atoms with Crippen molar-refractivity contribution in [2.24, 2.45) is 11.3 Å². The summed E-state index contributed by atoms with van der Waals surface area (Å²) in [6.07, 6.45) is 0.591. The molecule has 0 N–H and O–H groups in total. The number of carbonyl (C=O) groups excluding carboxylic acids is 2. The summed E-state index contributed by atoms with van der Waals surface area (Å²) in [4.78, 5) is 22.2. The van der Waals surface area contributed by atoms with Crippen LogP contribution in [0.4, 0.5) is 0 Å². The SMILES string of the molecule is CC(=O)CC(=O)OC(CC(C)(C)C)C(C)C. The number of carbonyl (C=O) groups is 2. The Balaban J connectivity index is 4.35. The van der Waals surface area contributed by atoms with Gasteiger partial charge in [0, 0.05) is 0 Å². The van der Waals surface area contributed by atoms with Gasteiger partial charge in [-0.25, -0.2) is 0 Å². The first-order valence-corrected chi connectivity index (χ1v) is 5.81. The molecule has 0 amide bonds. The summed E-state index contributed by atoms with van der Waals surface area (Å²) >= 11 is 0. The molecule has 0 rings (SSSR count). The zero-order chi connectivity index (χ0) is 12.9. The predicted molar refractivity (Wildman–Crippen MR) is 64.1 cm³/mol. The monoisotopic (exact) mass is 228 g/mol. The quantitative estimate of drug-likeness (QED) is 0.536. The van der Waals surface area contributed by atoms with E-state index in [-0.39, 0.29) is 29.6 Å². The molecular weight excluding hydrogens is 204 g/mol. The van der Waals surface area contributed by atoms with Crippen LogP contribution < -0.4 is 0 Å². The van der Waals surface area contributed by atoms with E-state index in [9.17, 15) is 9.59 Å². The summed E-state index contributed by atoms with van der Waals surface area (Å²) in [7, 11) is 0. The number of ketones is 1. The molecule has 3 heteroatoms. The van der Waals surface area contributed by atoms with E-state index in [4.69, 9.17) is 4.74 Å². The first kappa shape index (κ1) is 15.1. The minimum atomic E-state index is -0.407. The Morgan fingerprint density at radius 1 is 1.19 bits per heavy atom. The second kappa shape index (κ2) is 6.02. The summed E-state index contributed by atoms with van der Waals surface area (Å²) in [6, 6.07) is 0. The molecular formula is C13H24O3. The lowest BCUT2D eigenvalue weighted by Gasteiger charge is -2.28. The van der Waals surface area contributed by atoms with Crippen LogP contribution in [-0.2, 0) is 14.3 Å². The number of ether oxygens (including phenoxy) is 1. The highest BCUT2D eigenvalue weighted by atomic mass is 16.5. The number of hydrogen-bond acceptors (Lipinski definition) is 3. The Morgan fingerprint density at radius 2 is 1.69 bits per heavy atom. The van der Waals surface area contributed by atoms with Crippen LogP contribution in [0.2, 0.25) is 0 Å². The molecule has 0 aliphatic carbocycles. The van der Waals surface area contributed by atoms with Crippen molar-refractivity contribution in [2.45, 2.75) is 60.5 Å². The third-order valence-electron chi connectivity index (χ3n) is 2.23. The predicted octanol–water partition coefficient (Wildman–Crippen LogP) is 2.97. The lowest BCUT2D eigenvalue weighted by molar-refractivity contribution is -0.154. The van der Waals surface area contributed by atoms with E-state index in [0.717, 1.165) is 6.42 Å². The summed E-state index contributed by atoms with van der Waals surface area (Å²) in [5.74, 6) is -0.283. The average Bonchev–Trinajstić information content (AvgIpc) is 1.97. The van der Waals surface area contributed by atoms with Crippen molar-refractivity contribution in [1.29, 1.82) is 0 Å². The molecule has 94 valence electrons. The van der Waals surface area contributed by atoms with Crippen molar-refractivity contribution < 1.29 is 14.3 Å². The molecule has 1 unspecified atom stereocenters. The lowest BCUT2D eigenvalue weighted by atomic mass is 9.85. The zero-order valence-electron chi connectivity index (χ0n) is 11.3. The minimum absolute atomic E-state index is 0.105. The van der Waals surface area contributed by atoms with Crippen LogP contribution in [0.15, 0.2) is 0 Å². The average molecular weight is 228 g/mol. The van der Waals surface area contributed by atoms with Crippen molar-refractivity contribution in [3.63, 3.8) is 0 Å². The molecule has 0 fully saturated rings. The van der Waals surface area contributed by atoms with Crippen LogP contribution in [0, 0.1) is 11.3 Å². The maximum atomic E-state index is 11.4. The largest absolute Gasteiger partial charge is 0.462 e. The molecule has 0 bridgehead atoms. The zero-order valence-corrected chi connectivity index (χ0v) is 11.3. The van der Waals surface area contributed by atoms with Gasteiger partial charge in [0.05, 0.1) is 0 Å². The highest BCUT2D eigenvalue weighted by molar-refractivity contribution is 5.94. The molecule has 0 spiro atoms. The van der Waals surface area contributed by atoms with Crippen LogP contribution in [0.1, 0.15) is 54.4 Å². The topological polar surface area (TPSA) is 43.4 Å². The van der Waals surface area contributed by atoms with Gasteiger partial charge in [-0.05, 0) is 24.7 Å². The van der Waals surface area contributed by atoms with Gasteiger partial charge in [0.15, 0.2) is 0 Å². The Labute approximate surface area is 98.6 Å². The number of hydrogen-bond donors (Lipinski definition) is 0. The Bertz CT molecular complexity index is 248. The summed E-state index contributed by atoms with van der Waals surface area (Å²) in [6.45, 7) is 11.8. The van der Waals surface area contributed by atoms with E-state index in [1.807, 2.05) is 13.8 Å². The van der Waals surface area contributed by atoms with Crippen molar-refractivity contribution >= 4 is 11.8 Å². The van der Waals surface area contributed by atoms with Gasteiger partial charge in [-0.1, -0.05) is 34.6 Å². The van der Waals surface area contributed by atoms with E-state index >= 15 is 0 Å². The fourth-order valence-corrected chi connectivity index (χ4v) is 1.43. The summed E-state index contributed by atoms with van der Waals surface area (Å²) in [5, 5.41) is 0. The van der Waals surface area contributed by atoms with Gasteiger partial charge in [-0.2, -0.15) is 0 Å². The van der Waals surface area contributed by atoms with Gasteiger partial charge in [-0.15, -0.1) is 0 Å². The van der Waals surface area contributed by atoms with Crippen LogP contribution in [0.5, 0.6) is 0 Å². The van der Waals surface area contributed by atoms with Gasteiger partial charge in [0.1, 0.15) is 18.3 Å². The summed E-state index contributed by atoms with van der Waals surface area (Å²) < 4.78 is 5.34. The van der Waals surface area contributed by atoms with Gasteiger partial charge >= 0.3 is 5.97 Å². The molecule has 0 aliphatic rings. The molecule has 0 aromatic carbocycles. The molecule has 0 radical (unpaired) electrons. The third kappa shape index (κ3) is 7.43. The molecule has 1 atom stereocenters. The lowest BCUT2D eigenvalue weighted by Crippen LogP contribution is -2.29. The van der Waals surface area contributed by atoms with E-state index in [1.165, 1.54) is 6.92 Å². The standard InChI is InChI=1S/C13H24O3/c1-9(2)11(8-13(4,5)6)16-12(15)7-10(3)14/h9,11H,7-8H2,1-6H3. The van der Waals surface area contributed by atoms with Crippen LogP contribution in [0.3, 0.4) is 0 Å². The molecule has 0 saturated heterocycles. The smallest absolute Gasteiger partial charge is 0.313 e. The van der Waals surface area contributed by atoms with Crippen molar-refractivity contribution in [3.05, 3.63) is 0 Å². The van der Waals surface area contributed by atoms with E-state index in [0.29, 0.717) is 0 Å². The van der Waals surface area contributed by atoms with Crippen molar-refractivity contribution in [1.82, 2.24) is 0 Å². The molecule has 0 saturated carbocycles. The second-order valence-electron chi connectivity index (χ2n) is 5.92. The molecule has 16 heavy (non-hydrogen) atoms. The number of rotatable bonds is 5. The van der Waals surface area contributed by atoms with Gasteiger partial charge in [0.2, 0.25) is 0 Å². The Hall–Kier alpha value is -0.860. The van der Waals surface area contributed by atoms with E-state index < -0.39 is 5.97 Å². The normalized spacial score (nSPS) is 13.7.